The summed E-state index contributed by atoms with van der Waals surface area (Å²) in [5.41, 5.74) is 1.32. The molecule has 1 nitrogen and oxygen atoms in total. The fourth-order valence-corrected chi connectivity index (χ4v) is 1.07. The van der Waals surface area contributed by atoms with Gasteiger partial charge in [0.1, 0.15) is 0 Å². The van der Waals surface area contributed by atoms with E-state index in [4.69, 9.17) is 4.74 Å². The minimum absolute atomic E-state index is 0.670. The molecule has 0 N–H and O–H groups in total. The van der Waals surface area contributed by atoms with Crippen molar-refractivity contribution in [2.24, 2.45) is 11.8 Å². The van der Waals surface area contributed by atoms with Crippen LogP contribution in [0.25, 0.3) is 0 Å². The number of benzene rings is 1. The third-order valence-electron chi connectivity index (χ3n) is 1.84. The molecule has 0 aromatic heterocycles. The highest BCUT2D eigenvalue weighted by Gasteiger charge is 1.95. The van der Waals surface area contributed by atoms with Gasteiger partial charge in [-0.1, -0.05) is 63.6 Å². The van der Waals surface area contributed by atoms with Gasteiger partial charge in [-0.25, -0.2) is 0 Å². The first-order valence-electron chi connectivity index (χ1n) is 6.11. The molecule has 1 aromatic rings. The van der Waals surface area contributed by atoms with E-state index in [1.54, 1.807) is 0 Å². The second-order valence-electron chi connectivity index (χ2n) is 4.98. The Balaban J connectivity index is 0.000000288. The van der Waals surface area contributed by atoms with Crippen molar-refractivity contribution >= 4 is 0 Å². The lowest BCUT2D eigenvalue weighted by Gasteiger charge is -2.07. The standard InChI is InChI=1S/C8H18O.C7H8/c1-7(2)5-9-6-8(3)4;1-7-5-3-2-4-6-7/h7-8H,5-6H2,1-4H3;2-6H,1H3. The molecule has 1 heteroatoms. The maximum atomic E-state index is 5.36. The Morgan fingerprint density at radius 1 is 0.875 bits per heavy atom. The molecule has 0 fully saturated rings. The lowest BCUT2D eigenvalue weighted by molar-refractivity contribution is 0.0886. The zero-order chi connectivity index (χ0) is 12.4. The van der Waals surface area contributed by atoms with E-state index in [1.807, 2.05) is 18.2 Å². The number of aryl methyl sites for hydroxylation is 1. The molecule has 0 radical (unpaired) electrons. The first-order chi connectivity index (χ1) is 7.52. The van der Waals surface area contributed by atoms with Crippen LogP contribution in [-0.2, 0) is 4.74 Å². The minimum Gasteiger partial charge on any atom is -0.381 e. The van der Waals surface area contributed by atoms with Gasteiger partial charge >= 0.3 is 0 Å². The maximum Gasteiger partial charge on any atom is 0.0489 e. The van der Waals surface area contributed by atoms with Crippen LogP contribution in [0.15, 0.2) is 30.3 Å². The Kier molecular flexibility index (Phi) is 8.93. The zero-order valence-electron chi connectivity index (χ0n) is 11.4. The zero-order valence-corrected chi connectivity index (χ0v) is 11.4. The van der Waals surface area contributed by atoms with Crippen molar-refractivity contribution in [1.29, 1.82) is 0 Å². The predicted octanol–water partition coefficient (Wildman–Crippen LogP) is 4.31. The Hall–Kier alpha value is -0.820. The Morgan fingerprint density at radius 3 is 1.56 bits per heavy atom. The lowest BCUT2D eigenvalue weighted by Crippen LogP contribution is -2.06. The molecule has 0 aliphatic carbocycles. The molecule has 92 valence electrons. The highest BCUT2D eigenvalue weighted by molar-refractivity contribution is 5.11. The van der Waals surface area contributed by atoms with Gasteiger partial charge in [0.05, 0.1) is 0 Å². The van der Waals surface area contributed by atoms with Gasteiger partial charge in [-0.3, -0.25) is 0 Å². The Bertz CT molecular complexity index is 231. The van der Waals surface area contributed by atoms with Crippen molar-refractivity contribution in [3.05, 3.63) is 35.9 Å². The van der Waals surface area contributed by atoms with Gasteiger partial charge in [0.25, 0.3) is 0 Å². The molecular weight excluding hydrogens is 196 g/mol. The van der Waals surface area contributed by atoms with Crippen LogP contribution in [0, 0.1) is 18.8 Å². The Labute approximate surface area is 101 Å². The first-order valence-corrected chi connectivity index (χ1v) is 6.11. The largest absolute Gasteiger partial charge is 0.381 e. The van der Waals surface area contributed by atoms with Gasteiger partial charge in [-0.05, 0) is 18.8 Å². The van der Waals surface area contributed by atoms with Crippen molar-refractivity contribution in [3.63, 3.8) is 0 Å². The lowest BCUT2D eigenvalue weighted by atomic mass is 10.2. The molecule has 0 spiro atoms. The highest BCUT2D eigenvalue weighted by atomic mass is 16.5. The molecule has 0 unspecified atom stereocenters. The minimum atomic E-state index is 0.670. The van der Waals surface area contributed by atoms with Crippen LogP contribution in [0.5, 0.6) is 0 Å². The SMILES string of the molecule is CC(C)COCC(C)C.Cc1ccccc1. The van der Waals surface area contributed by atoms with Crippen LogP contribution in [0.2, 0.25) is 0 Å². The second kappa shape index (κ2) is 9.41. The molecular formula is C15H26O. The molecule has 1 rings (SSSR count). The molecule has 0 saturated carbocycles. The van der Waals surface area contributed by atoms with Gasteiger partial charge < -0.3 is 4.74 Å². The number of ether oxygens (including phenoxy) is 1. The maximum absolute atomic E-state index is 5.36. The van der Waals surface area contributed by atoms with E-state index in [2.05, 4.69) is 46.8 Å². The summed E-state index contributed by atoms with van der Waals surface area (Å²) >= 11 is 0. The summed E-state index contributed by atoms with van der Waals surface area (Å²) in [7, 11) is 0. The summed E-state index contributed by atoms with van der Waals surface area (Å²) in [6.07, 6.45) is 0. The number of hydrogen-bond acceptors (Lipinski definition) is 1. The summed E-state index contributed by atoms with van der Waals surface area (Å²) in [6, 6.07) is 10.3. The average Bonchev–Trinajstić information content (AvgIpc) is 2.18. The summed E-state index contributed by atoms with van der Waals surface area (Å²) in [4.78, 5) is 0. The smallest absolute Gasteiger partial charge is 0.0489 e. The van der Waals surface area contributed by atoms with Gasteiger partial charge in [0, 0.05) is 13.2 Å². The molecule has 0 aliphatic heterocycles. The van der Waals surface area contributed by atoms with Crippen LogP contribution in [0.4, 0.5) is 0 Å². The van der Waals surface area contributed by atoms with Gasteiger partial charge in [0.15, 0.2) is 0 Å². The van der Waals surface area contributed by atoms with Crippen LogP contribution in [-0.4, -0.2) is 13.2 Å². The van der Waals surface area contributed by atoms with E-state index in [0.29, 0.717) is 11.8 Å². The summed E-state index contributed by atoms with van der Waals surface area (Å²) in [5.74, 6) is 1.34. The van der Waals surface area contributed by atoms with Crippen molar-refractivity contribution < 1.29 is 4.74 Å². The molecule has 0 bridgehead atoms. The third-order valence-corrected chi connectivity index (χ3v) is 1.84. The first kappa shape index (κ1) is 15.2. The van der Waals surface area contributed by atoms with Crippen molar-refractivity contribution in [1.82, 2.24) is 0 Å². The molecule has 0 amide bonds. The summed E-state index contributed by atoms with van der Waals surface area (Å²) in [6.45, 7) is 12.6. The van der Waals surface area contributed by atoms with Crippen molar-refractivity contribution in [2.45, 2.75) is 34.6 Å². The normalized spacial score (nSPS) is 10.2. The van der Waals surface area contributed by atoms with Gasteiger partial charge in [-0.2, -0.15) is 0 Å². The summed E-state index contributed by atoms with van der Waals surface area (Å²) in [5, 5.41) is 0. The number of hydrogen-bond donors (Lipinski definition) is 0. The van der Waals surface area contributed by atoms with Gasteiger partial charge in [-0.15, -0.1) is 0 Å². The van der Waals surface area contributed by atoms with E-state index in [1.165, 1.54) is 5.56 Å². The second-order valence-corrected chi connectivity index (χ2v) is 4.98. The van der Waals surface area contributed by atoms with Crippen molar-refractivity contribution in [2.75, 3.05) is 13.2 Å². The monoisotopic (exact) mass is 222 g/mol. The molecule has 0 saturated heterocycles. The van der Waals surface area contributed by atoms with E-state index < -0.39 is 0 Å². The molecule has 0 heterocycles. The molecule has 0 aliphatic rings. The fourth-order valence-electron chi connectivity index (χ4n) is 1.07. The topological polar surface area (TPSA) is 9.23 Å². The molecule has 16 heavy (non-hydrogen) atoms. The van der Waals surface area contributed by atoms with Crippen LogP contribution >= 0.6 is 0 Å². The van der Waals surface area contributed by atoms with Crippen LogP contribution < -0.4 is 0 Å². The van der Waals surface area contributed by atoms with Crippen LogP contribution in [0.1, 0.15) is 33.3 Å². The third kappa shape index (κ3) is 11.3. The highest BCUT2D eigenvalue weighted by Crippen LogP contribution is 1.96. The number of rotatable bonds is 4. The Morgan fingerprint density at radius 2 is 1.31 bits per heavy atom. The van der Waals surface area contributed by atoms with E-state index >= 15 is 0 Å². The quantitative estimate of drug-likeness (QED) is 0.737. The molecule has 0 atom stereocenters. The van der Waals surface area contributed by atoms with E-state index in [-0.39, 0.29) is 0 Å². The fraction of sp³-hybridized carbons (Fsp3) is 0.600. The van der Waals surface area contributed by atoms with Crippen molar-refractivity contribution in [3.8, 4) is 0 Å². The van der Waals surface area contributed by atoms with Crippen LogP contribution in [0.3, 0.4) is 0 Å². The average molecular weight is 222 g/mol. The van der Waals surface area contributed by atoms with E-state index in [9.17, 15) is 0 Å². The van der Waals surface area contributed by atoms with Gasteiger partial charge in [0.2, 0.25) is 0 Å². The molecule has 1 aromatic carbocycles. The summed E-state index contributed by atoms with van der Waals surface area (Å²) < 4.78 is 5.36. The predicted molar refractivity (Wildman–Crippen MR) is 71.7 cm³/mol. The van der Waals surface area contributed by atoms with E-state index in [0.717, 1.165) is 13.2 Å².